The molecule has 0 atom stereocenters. The molecule has 0 amide bonds. The van der Waals surface area contributed by atoms with Gasteiger partial charge in [-0.05, 0) is 18.4 Å². The Morgan fingerprint density at radius 3 is 3.18 bits per heavy atom. The van der Waals surface area contributed by atoms with Gasteiger partial charge in [-0.2, -0.15) is 5.10 Å². The molecule has 0 bridgehead atoms. The number of aromatic nitrogens is 3. The van der Waals surface area contributed by atoms with Crippen molar-refractivity contribution in [3.63, 3.8) is 0 Å². The maximum atomic E-state index is 12.1. The van der Waals surface area contributed by atoms with Gasteiger partial charge in [0.1, 0.15) is 6.26 Å². The first kappa shape index (κ1) is 10.2. The first-order valence-electron chi connectivity index (χ1n) is 5.10. The molecule has 0 aromatic carbocycles. The highest BCUT2D eigenvalue weighted by molar-refractivity contribution is 7.09. The van der Waals surface area contributed by atoms with Crippen molar-refractivity contribution in [1.29, 1.82) is 0 Å². The number of nitrogens with zero attached hydrogens (tertiary/aromatic N) is 3. The minimum Gasteiger partial charge on any atom is -0.363 e. The summed E-state index contributed by atoms with van der Waals surface area (Å²) in [5.41, 5.74) is 0.874. The molecule has 0 radical (unpaired) electrons. The topological polar surface area (TPSA) is 60.9 Å². The van der Waals surface area contributed by atoms with E-state index in [1.807, 2.05) is 24.4 Å². The molecule has 3 aromatic heterocycles. The van der Waals surface area contributed by atoms with Crippen molar-refractivity contribution in [3.05, 3.63) is 44.7 Å². The Morgan fingerprint density at radius 1 is 1.53 bits per heavy atom. The summed E-state index contributed by atoms with van der Waals surface area (Å²) in [6.07, 6.45) is 1.45. The van der Waals surface area contributed by atoms with E-state index in [1.165, 1.54) is 10.9 Å². The molecule has 0 aliphatic rings. The zero-order chi connectivity index (χ0) is 11.8. The molecule has 86 valence electrons. The Balaban J connectivity index is 2.17. The van der Waals surface area contributed by atoms with Crippen molar-refractivity contribution >= 4 is 22.2 Å². The van der Waals surface area contributed by atoms with Crippen LogP contribution in [0.4, 0.5) is 0 Å². The van der Waals surface area contributed by atoms with E-state index in [4.69, 9.17) is 4.52 Å². The quantitative estimate of drug-likeness (QED) is 0.692. The molecular weight excluding hydrogens is 238 g/mol. The number of aryl methyl sites for hydroxylation is 1. The van der Waals surface area contributed by atoms with Gasteiger partial charge in [-0.15, -0.1) is 11.3 Å². The van der Waals surface area contributed by atoms with Gasteiger partial charge in [0.05, 0.1) is 17.6 Å². The highest BCUT2D eigenvalue weighted by atomic mass is 32.1. The zero-order valence-electron chi connectivity index (χ0n) is 9.08. The van der Waals surface area contributed by atoms with E-state index in [2.05, 4.69) is 10.3 Å². The van der Waals surface area contributed by atoms with E-state index >= 15 is 0 Å². The first-order valence-corrected chi connectivity index (χ1v) is 5.98. The molecular formula is C11H9N3O2S. The fraction of sp³-hybridized carbons (Fsp3) is 0.182. The van der Waals surface area contributed by atoms with Crippen molar-refractivity contribution in [2.45, 2.75) is 13.5 Å². The largest absolute Gasteiger partial charge is 0.363 e. The lowest BCUT2D eigenvalue weighted by molar-refractivity contribution is 0.427. The first-order chi connectivity index (χ1) is 8.25. The highest BCUT2D eigenvalue weighted by Gasteiger charge is 2.11. The van der Waals surface area contributed by atoms with Crippen LogP contribution in [0.2, 0.25) is 0 Å². The summed E-state index contributed by atoms with van der Waals surface area (Å²) in [5.74, 6) is 0. The fourth-order valence-corrected chi connectivity index (χ4v) is 2.39. The zero-order valence-corrected chi connectivity index (χ0v) is 9.90. The highest BCUT2D eigenvalue weighted by Crippen LogP contribution is 2.13. The van der Waals surface area contributed by atoms with E-state index in [0.717, 1.165) is 10.6 Å². The molecule has 0 saturated carbocycles. The smallest absolute Gasteiger partial charge is 0.297 e. The Kier molecular flexibility index (Phi) is 2.29. The van der Waals surface area contributed by atoms with Crippen LogP contribution in [0.3, 0.4) is 0 Å². The molecule has 0 aliphatic heterocycles. The van der Waals surface area contributed by atoms with E-state index < -0.39 is 0 Å². The van der Waals surface area contributed by atoms with Gasteiger partial charge in [0.25, 0.3) is 5.56 Å². The van der Waals surface area contributed by atoms with E-state index in [9.17, 15) is 4.79 Å². The van der Waals surface area contributed by atoms with Gasteiger partial charge in [0.15, 0.2) is 5.52 Å². The molecule has 6 heteroatoms. The number of hydrogen-bond acceptors (Lipinski definition) is 5. The van der Waals surface area contributed by atoms with Gasteiger partial charge in [-0.1, -0.05) is 11.2 Å². The van der Waals surface area contributed by atoms with Gasteiger partial charge in [-0.25, -0.2) is 4.68 Å². The third-order valence-electron chi connectivity index (χ3n) is 2.55. The summed E-state index contributed by atoms with van der Waals surface area (Å²) in [5, 5.41) is 10.6. The Morgan fingerprint density at radius 2 is 2.41 bits per heavy atom. The molecule has 3 rings (SSSR count). The average molecular weight is 247 g/mol. The minimum absolute atomic E-state index is 0.215. The second-order valence-electron chi connectivity index (χ2n) is 3.70. The van der Waals surface area contributed by atoms with Crippen LogP contribution >= 0.6 is 11.3 Å². The van der Waals surface area contributed by atoms with Crippen LogP contribution in [-0.2, 0) is 6.54 Å². The Labute approximate surface area is 100 Å². The summed E-state index contributed by atoms with van der Waals surface area (Å²) in [6.45, 7) is 2.31. The Hall–Kier alpha value is -1.95. The lowest BCUT2D eigenvalue weighted by Gasteiger charge is -2.03. The fourth-order valence-electron chi connectivity index (χ4n) is 1.71. The summed E-state index contributed by atoms with van der Waals surface area (Å²) >= 11 is 1.60. The molecule has 0 spiro atoms. The third-order valence-corrected chi connectivity index (χ3v) is 3.41. The summed E-state index contributed by atoms with van der Waals surface area (Å²) in [4.78, 5) is 13.1. The SMILES string of the molecule is Cc1nn(Cc2cccs2)c(=O)c2nocc12. The van der Waals surface area contributed by atoms with Crippen LogP contribution in [0.15, 0.2) is 33.1 Å². The number of thiophene rings is 1. The van der Waals surface area contributed by atoms with Crippen molar-refractivity contribution in [1.82, 2.24) is 14.9 Å². The number of fused-ring (bicyclic) bond motifs is 1. The lowest BCUT2D eigenvalue weighted by atomic mass is 10.3. The van der Waals surface area contributed by atoms with Crippen LogP contribution in [0.1, 0.15) is 10.6 Å². The van der Waals surface area contributed by atoms with Gasteiger partial charge in [-0.3, -0.25) is 4.79 Å². The molecule has 0 fully saturated rings. The van der Waals surface area contributed by atoms with Gasteiger partial charge >= 0.3 is 0 Å². The lowest BCUT2D eigenvalue weighted by Crippen LogP contribution is -2.24. The maximum absolute atomic E-state index is 12.1. The minimum atomic E-state index is -0.215. The molecule has 0 unspecified atom stereocenters. The molecule has 3 aromatic rings. The predicted molar refractivity (Wildman–Crippen MR) is 64.2 cm³/mol. The van der Waals surface area contributed by atoms with Gasteiger partial charge in [0.2, 0.25) is 0 Å². The van der Waals surface area contributed by atoms with Gasteiger partial charge in [0, 0.05) is 4.88 Å². The van der Waals surface area contributed by atoms with Crippen molar-refractivity contribution in [2.24, 2.45) is 0 Å². The number of hydrogen-bond donors (Lipinski definition) is 0. The summed E-state index contributed by atoms with van der Waals surface area (Å²) in [7, 11) is 0. The van der Waals surface area contributed by atoms with Crippen molar-refractivity contribution in [2.75, 3.05) is 0 Å². The molecule has 0 N–H and O–H groups in total. The standard InChI is InChI=1S/C11H9N3O2S/c1-7-9-6-16-13-10(9)11(15)14(12-7)5-8-3-2-4-17-8/h2-4,6H,5H2,1H3. The monoisotopic (exact) mass is 247 g/mol. The second kappa shape index (κ2) is 3.81. The second-order valence-corrected chi connectivity index (χ2v) is 4.74. The third kappa shape index (κ3) is 1.66. The molecule has 0 aliphatic carbocycles. The normalized spacial score (nSPS) is 11.1. The molecule has 17 heavy (non-hydrogen) atoms. The van der Waals surface area contributed by atoms with Crippen molar-refractivity contribution < 1.29 is 4.52 Å². The van der Waals surface area contributed by atoms with Crippen LogP contribution in [0, 0.1) is 6.92 Å². The van der Waals surface area contributed by atoms with Crippen molar-refractivity contribution in [3.8, 4) is 0 Å². The molecule has 3 heterocycles. The van der Waals surface area contributed by atoms with Crippen LogP contribution < -0.4 is 5.56 Å². The van der Waals surface area contributed by atoms with Crippen LogP contribution in [0.5, 0.6) is 0 Å². The average Bonchev–Trinajstić information content (AvgIpc) is 2.96. The van der Waals surface area contributed by atoms with E-state index in [0.29, 0.717) is 17.4 Å². The molecule has 5 nitrogen and oxygen atoms in total. The van der Waals surface area contributed by atoms with Crippen LogP contribution in [-0.4, -0.2) is 14.9 Å². The van der Waals surface area contributed by atoms with E-state index in [-0.39, 0.29) is 5.56 Å². The molecule has 0 saturated heterocycles. The van der Waals surface area contributed by atoms with Crippen LogP contribution in [0.25, 0.3) is 10.9 Å². The van der Waals surface area contributed by atoms with E-state index in [1.54, 1.807) is 11.3 Å². The Bertz CT molecular complexity index is 712. The predicted octanol–water partition coefficient (Wildman–Crippen LogP) is 1.80. The van der Waals surface area contributed by atoms with Gasteiger partial charge < -0.3 is 4.52 Å². The number of rotatable bonds is 2. The summed E-state index contributed by atoms with van der Waals surface area (Å²) in [6, 6.07) is 3.92. The summed E-state index contributed by atoms with van der Waals surface area (Å²) < 4.78 is 6.24. The maximum Gasteiger partial charge on any atom is 0.297 e.